The Kier molecular flexibility index (Phi) is 7.78. The average Bonchev–Trinajstić information content (AvgIpc) is 3.25. The molecule has 0 bridgehead atoms. The molecule has 1 fully saturated rings. The zero-order valence-electron chi connectivity index (χ0n) is 16.8. The molecule has 1 aromatic rings. The number of carbonyl (C=O) groups excluding carboxylic acids is 3. The summed E-state index contributed by atoms with van der Waals surface area (Å²) >= 11 is 0. The Balaban J connectivity index is 2.34. The first-order valence-electron chi connectivity index (χ1n) is 8.93. The summed E-state index contributed by atoms with van der Waals surface area (Å²) < 4.78 is 22.8. The van der Waals surface area contributed by atoms with Crippen LogP contribution in [-0.2, 0) is 33.3 Å². The fraction of sp³-hybridized carbons (Fsp3) is 0.526. The number of rotatable bonds is 8. The van der Waals surface area contributed by atoms with Crippen LogP contribution in [0, 0.1) is 24.7 Å². The quantitative estimate of drug-likeness (QED) is 0.315. The highest BCUT2D eigenvalue weighted by atomic mass is 16.7. The highest BCUT2D eigenvalue weighted by Crippen LogP contribution is 2.34. The summed E-state index contributed by atoms with van der Waals surface area (Å²) in [6.07, 6.45) is 8.23. The van der Waals surface area contributed by atoms with Crippen LogP contribution in [0.5, 0.6) is 0 Å². The summed E-state index contributed by atoms with van der Waals surface area (Å²) in [5.41, 5.74) is 0. The lowest BCUT2D eigenvalue weighted by Crippen LogP contribution is -2.40. The zero-order valence-corrected chi connectivity index (χ0v) is 16.8. The van der Waals surface area contributed by atoms with Crippen molar-refractivity contribution in [2.24, 2.45) is 0 Å². The van der Waals surface area contributed by atoms with Crippen LogP contribution in [0.25, 0.3) is 0 Å². The van der Waals surface area contributed by atoms with Gasteiger partial charge in [0.1, 0.15) is 12.7 Å². The standard InChI is InChI=1S/C19H22N4O7/c1-6-8-22(9-7-2)16-10-23(21-20-16)19-18(29-14(5)26)17(28-13(4)25)15(30-19)11-27-12(3)24/h1-2,10,15,17-19H,8-9,11H2,3-5H3/t15-,17?,18+,19-/m1/s1. The number of anilines is 1. The third kappa shape index (κ3) is 5.72. The lowest BCUT2D eigenvalue weighted by atomic mass is 10.1. The molecule has 0 radical (unpaired) electrons. The minimum atomic E-state index is -1.06. The molecule has 0 aromatic carbocycles. The van der Waals surface area contributed by atoms with E-state index < -0.39 is 42.4 Å². The average molecular weight is 418 g/mol. The van der Waals surface area contributed by atoms with Gasteiger partial charge in [0.15, 0.2) is 24.3 Å². The van der Waals surface area contributed by atoms with Crippen molar-refractivity contribution in [3.8, 4) is 24.7 Å². The number of hydrogen-bond donors (Lipinski definition) is 0. The molecule has 4 atom stereocenters. The fourth-order valence-electron chi connectivity index (χ4n) is 2.88. The van der Waals surface area contributed by atoms with Crippen LogP contribution in [0.15, 0.2) is 6.20 Å². The number of carbonyl (C=O) groups is 3. The Hall–Kier alpha value is -3.57. The van der Waals surface area contributed by atoms with E-state index in [9.17, 15) is 14.4 Å². The van der Waals surface area contributed by atoms with Crippen LogP contribution in [0.4, 0.5) is 5.82 Å². The van der Waals surface area contributed by atoms with E-state index in [2.05, 4.69) is 22.2 Å². The van der Waals surface area contributed by atoms with Gasteiger partial charge in [-0.15, -0.1) is 17.9 Å². The van der Waals surface area contributed by atoms with Crippen molar-refractivity contribution in [1.82, 2.24) is 15.0 Å². The molecule has 160 valence electrons. The molecule has 0 N–H and O–H groups in total. The second kappa shape index (κ2) is 10.3. The van der Waals surface area contributed by atoms with Crippen LogP contribution in [-0.4, -0.2) is 70.9 Å². The van der Waals surface area contributed by atoms with E-state index >= 15 is 0 Å². The van der Waals surface area contributed by atoms with E-state index in [1.807, 2.05) is 0 Å². The van der Waals surface area contributed by atoms with Gasteiger partial charge in [-0.1, -0.05) is 17.1 Å². The first-order chi connectivity index (χ1) is 14.3. The van der Waals surface area contributed by atoms with Gasteiger partial charge in [0.05, 0.1) is 19.3 Å². The van der Waals surface area contributed by atoms with Crippen molar-refractivity contribution >= 4 is 23.7 Å². The molecular formula is C19H22N4O7. The molecule has 0 spiro atoms. The van der Waals surface area contributed by atoms with Crippen molar-refractivity contribution in [3.63, 3.8) is 0 Å². The summed E-state index contributed by atoms with van der Waals surface area (Å²) in [5.74, 6) is 3.53. The SMILES string of the molecule is C#CCN(CC#C)c1cn([C@@H]2O[C@H](COC(C)=O)C(OC(C)=O)[C@@H]2OC(C)=O)nn1. The molecule has 0 amide bonds. The number of terminal acetylenes is 2. The third-order valence-electron chi connectivity index (χ3n) is 3.99. The van der Waals surface area contributed by atoms with E-state index in [-0.39, 0.29) is 19.7 Å². The number of hydrogen-bond acceptors (Lipinski definition) is 10. The number of nitrogens with zero attached hydrogens (tertiary/aromatic N) is 4. The fourth-order valence-corrected chi connectivity index (χ4v) is 2.88. The van der Waals surface area contributed by atoms with Gasteiger partial charge < -0.3 is 23.8 Å². The lowest BCUT2D eigenvalue weighted by molar-refractivity contribution is -0.166. The summed E-state index contributed by atoms with van der Waals surface area (Å²) in [5, 5.41) is 8.04. The molecule has 0 aliphatic carbocycles. The molecule has 2 rings (SSSR count). The van der Waals surface area contributed by atoms with Gasteiger partial charge in [-0.05, 0) is 0 Å². The molecule has 2 heterocycles. The van der Waals surface area contributed by atoms with E-state index in [0.717, 1.165) is 0 Å². The van der Waals surface area contributed by atoms with Gasteiger partial charge in [-0.25, -0.2) is 4.68 Å². The molecular weight excluding hydrogens is 396 g/mol. The molecule has 1 saturated heterocycles. The molecule has 11 nitrogen and oxygen atoms in total. The highest BCUT2D eigenvalue weighted by Gasteiger charge is 2.51. The van der Waals surface area contributed by atoms with E-state index in [4.69, 9.17) is 31.8 Å². The van der Waals surface area contributed by atoms with Gasteiger partial charge in [0, 0.05) is 20.8 Å². The van der Waals surface area contributed by atoms with Crippen molar-refractivity contribution in [2.75, 3.05) is 24.6 Å². The number of ether oxygens (including phenoxy) is 4. The lowest BCUT2D eigenvalue weighted by Gasteiger charge is -2.23. The molecule has 1 unspecified atom stereocenters. The Morgan fingerprint density at radius 2 is 1.70 bits per heavy atom. The maximum atomic E-state index is 11.7. The summed E-state index contributed by atoms with van der Waals surface area (Å²) in [4.78, 5) is 36.1. The van der Waals surface area contributed by atoms with Gasteiger partial charge in [-0.2, -0.15) is 0 Å². The van der Waals surface area contributed by atoms with Gasteiger partial charge in [-0.3, -0.25) is 14.4 Å². The van der Waals surface area contributed by atoms with Crippen molar-refractivity contribution in [1.29, 1.82) is 0 Å². The van der Waals surface area contributed by atoms with Gasteiger partial charge >= 0.3 is 17.9 Å². The minimum absolute atomic E-state index is 0.201. The molecule has 11 heteroatoms. The predicted molar refractivity (Wildman–Crippen MR) is 102 cm³/mol. The van der Waals surface area contributed by atoms with Gasteiger partial charge in [0.25, 0.3) is 0 Å². The monoisotopic (exact) mass is 418 g/mol. The van der Waals surface area contributed by atoms with Gasteiger partial charge in [0.2, 0.25) is 0 Å². The van der Waals surface area contributed by atoms with Crippen LogP contribution in [0.3, 0.4) is 0 Å². The van der Waals surface area contributed by atoms with Crippen LogP contribution in [0.2, 0.25) is 0 Å². The molecule has 1 aliphatic heterocycles. The van der Waals surface area contributed by atoms with E-state index in [1.54, 1.807) is 4.90 Å². The van der Waals surface area contributed by atoms with E-state index in [1.165, 1.54) is 31.6 Å². The maximum Gasteiger partial charge on any atom is 0.303 e. The van der Waals surface area contributed by atoms with Crippen molar-refractivity contribution < 1.29 is 33.3 Å². The summed E-state index contributed by atoms with van der Waals surface area (Å²) in [6.45, 7) is 3.82. The Bertz CT molecular complexity index is 853. The number of aromatic nitrogens is 3. The maximum absolute atomic E-state index is 11.7. The molecule has 0 saturated carbocycles. The van der Waals surface area contributed by atoms with E-state index in [0.29, 0.717) is 5.82 Å². The summed E-state index contributed by atoms with van der Waals surface area (Å²) in [7, 11) is 0. The normalized spacial score (nSPS) is 22.4. The summed E-state index contributed by atoms with van der Waals surface area (Å²) in [6, 6.07) is 0. The molecule has 30 heavy (non-hydrogen) atoms. The van der Waals surface area contributed by atoms with Crippen molar-refractivity contribution in [2.45, 2.75) is 45.3 Å². The zero-order chi connectivity index (χ0) is 22.3. The smallest absolute Gasteiger partial charge is 0.303 e. The highest BCUT2D eigenvalue weighted by molar-refractivity contribution is 5.68. The second-order valence-electron chi connectivity index (χ2n) is 6.34. The molecule has 1 aromatic heterocycles. The largest absolute Gasteiger partial charge is 0.463 e. The predicted octanol–water partition coefficient (Wildman–Crippen LogP) is -0.325. The second-order valence-corrected chi connectivity index (χ2v) is 6.34. The van der Waals surface area contributed by atoms with Crippen LogP contribution >= 0.6 is 0 Å². The third-order valence-corrected chi connectivity index (χ3v) is 3.99. The minimum Gasteiger partial charge on any atom is -0.463 e. The first kappa shape index (κ1) is 22.7. The Morgan fingerprint density at radius 1 is 1.10 bits per heavy atom. The first-order valence-corrected chi connectivity index (χ1v) is 8.93. The molecule has 1 aliphatic rings. The van der Waals surface area contributed by atoms with Crippen LogP contribution in [0.1, 0.15) is 27.0 Å². The van der Waals surface area contributed by atoms with Crippen LogP contribution < -0.4 is 4.90 Å². The Morgan fingerprint density at radius 3 is 2.23 bits per heavy atom. The Labute approximate surface area is 173 Å². The van der Waals surface area contributed by atoms with Crippen molar-refractivity contribution in [3.05, 3.63) is 6.20 Å². The topological polar surface area (TPSA) is 122 Å². The number of esters is 3.